The number of hydrogen-bond donors (Lipinski definition) is 2. The second-order valence-electron chi connectivity index (χ2n) is 4.22. The molecule has 0 aliphatic rings. The van der Waals surface area contributed by atoms with Crippen LogP contribution in [0.15, 0.2) is 29.2 Å². The number of rotatable bonds is 6. The maximum Gasteiger partial charge on any atom is 0.288 e. The molecule has 6 heteroatoms. The van der Waals surface area contributed by atoms with Crippen molar-refractivity contribution >= 4 is 23.4 Å². The summed E-state index contributed by atoms with van der Waals surface area (Å²) in [6.07, 6.45) is 1.07. The van der Waals surface area contributed by atoms with E-state index >= 15 is 0 Å². The Bertz CT molecular complexity index is 419. The minimum absolute atomic E-state index is 0.258. The Labute approximate surface area is 115 Å². The summed E-state index contributed by atoms with van der Waals surface area (Å²) in [7, 11) is 0. The molecule has 0 spiro atoms. The highest BCUT2D eigenvalue weighted by atomic mass is 32.2. The fraction of sp³-hybridized carbons (Fsp3) is 0.462. The minimum atomic E-state index is -2.45. The van der Waals surface area contributed by atoms with Gasteiger partial charge in [0.1, 0.15) is 0 Å². The monoisotopic (exact) mass is 288 g/mol. The van der Waals surface area contributed by atoms with E-state index in [1.54, 1.807) is 24.3 Å². The molecule has 0 heterocycles. The first-order valence-corrected chi connectivity index (χ1v) is 6.94. The van der Waals surface area contributed by atoms with Gasteiger partial charge in [0.05, 0.1) is 5.54 Å². The molecule has 0 unspecified atom stereocenters. The third-order valence-corrected chi connectivity index (χ3v) is 3.77. The lowest BCUT2D eigenvalue weighted by atomic mass is 9.93. The fourth-order valence-corrected chi connectivity index (χ4v) is 2.05. The van der Waals surface area contributed by atoms with E-state index in [2.05, 4.69) is 5.32 Å². The Kier molecular flexibility index (Phi) is 5.75. The summed E-state index contributed by atoms with van der Waals surface area (Å²) in [5, 5.41) is 2.70. The molecule has 0 fully saturated rings. The van der Waals surface area contributed by atoms with Crippen molar-refractivity contribution in [3.63, 3.8) is 0 Å². The number of amides is 1. The Morgan fingerprint density at radius 2 is 1.84 bits per heavy atom. The van der Waals surface area contributed by atoms with Crippen molar-refractivity contribution in [3.8, 4) is 0 Å². The molecule has 0 saturated heterocycles. The normalized spacial score (nSPS) is 11.7. The topological polar surface area (TPSA) is 55.1 Å². The van der Waals surface area contributed by atoms with Crippen LogP contribution in [0.5, 0.6) is 0 Å². The summed E-state index contributed by atoms with van der Waals surface area (Å²) in [6, 6.07) is 6.27. The van der Waals surface area contributed by atoms with Gasteiger partial charge in [0.2, 0.25) is 5.91 Å². The van der Waals surface area contributed by atoms with Crippen LogP contribution in [-0.2, 0) is 4.79 Å². The van der Waals surface area contributed by atoms with Crippen LogP contribution in [0.3, 0.4) is 0 Å². The molecule has 1 aromatic carbocycles. The van der Waals surface area contributed by atoms with Gasteiger partial charge in [-0.05, 0) is 37.1 Å². The highest BCUT2D eigenvalue weighted by Gasteiger charge is 2.29. The van der Waals surface area contributed by atoms with Crippen molar-refractivity contribution in [3.05, 3.63) is 24.3 Å². The first kappa shape index (κ1) is 15.9. The van der Waals surface area contributed by atoms with Gasteiger partial charge in [0.25, 0.3) is 5.76 Å². The molecular weight excluding hydrogens is 270 g/mol. The maximum atomic E-state index is 12.2. The van der Waals surface area contributed by atoms with E-state index in [-0.39, 0.29) is 5.91 Å². The molecule has 0 aliphatic carbocycles. The van der Waals surface area contributed by atoms with E-state index in [0.717, 1.165) is 0 Å². The van der Waals surface area contributed by atoms with Crippen molar-refractivity contribution in [2.24, 2.45) is 5.73 Å². The summed E-state index contributed by atoms with van der Waals surface area (Å²) in [5.41, 5.74) is 5.63. The Hall–Kier alpha value is -1.14. The number of hydrogen-bond acceptors (Lipinski definition) is 3. The first-order valence-electron chi connectivity index (χ1n) is 6.06. The lowest BCUT2D eigenvalue weighted by molar-refractivity contribution is -0.121. The third-order valence-electron chi connectivity index (χ3n) is 3.05. The van der Waals surface area contributed by atoms with Crippen LogP contribution in [0.2, 0.25) is 0 Å². The predicted octanol–water partition coefficient (Wildman–Crippen LogP) is 3.46. The lowest BCUT2D eigenvalue weighted by Gasteiger charge is -2.25. The number of thioether (sulfide) groups is 1. The smallest absolute Gasteiger partial charge is 0.288 e. The fourth-order valence-electron chi connectivity index (χ4n) is 1.55. The van der Waals surface area contributed by atoms with Crippen LogP contribution in [0.25, 0.3) is 0 Å². The van der Waals surface area contributed by atoms with Gasteiger partial charge in [-0.1, -0.05) is 25.6 Å². The summed E-state index contributed by atoms with van der Waals surface area (Å²) in [6.45, 7) is 3.71. The third kappa shape index (κ3) is 4.47. The molecule has 0 aliphatic heterocycles. The van der Waals surface area contributed by atoms with E-state index in [0.29, 0.717) is 35.2 Å². The zero-order valence-corrected chi connectivity index (χ0v) is 11.8. The molecule has 1 aromatic rings. The molecule has 3 N–H and O–H groups in total. The standard InChI is InChI=1S/C13H18F2N2OS/c1-3-13(16,4-2)11(18)17-9-5-7-10(8-6-9)19-12(14)15/h5-8,12H,3-4,16H2,1-2H3,(H,17,18). The van der Waals surface area contributed by atoms with Gasteiger partial charge >= 0.3 is 0 Å². The van der Waals surface area contributed by atoms with Crippen molar-refractivity contribution in [2.75, 3.05) is 5.32 Å². The molecule has 0 aromatic heterocycles. The first-order chi connectivity index (χ1) is 8.91. The number of alkyl halides is 2. The van der Waals surface area contributed by atoms with Crippen LogP contribution >= 0.6 is 11.8 Å². The Morgan fingerprint density at radius 1 is 1.32 bits per heavy atom. The maximum absolute atomic E-state index is 12.2. The second kappa shape index (κ2) is 6.86. The van der Waals surface area contributed by atoms with E-state index in [1.165, 1.54) is 0 Å². The van der Waals surface area contributed by atoms with Crippen molar-refractivity contribution in [2.45, 2.75) is 42.9 Å². The largest absolute Gasteiger partial charge is 0.324 e. The van der Waals surface area contributed by atoms with Gasteiger partial charge in [-0.15, -0.1) is 0 Å². The van der Waals surface area contributed by atoms with Crippen LogP contribution < -0.4 is 11.1 Å². The van der Waals surface area contributed by atoms with Crippen LogP contribution in [-0.4, -0.2) is 17.2 Å². The number of carbonyl (C=O) groups excluding carboxylic acids is 1. The van der Waals surface area contributed by atoms with Crippen LogP contribution in [0.1, 0.15) is 26.7 Å². The highest BCUT2D eigenvalue weighted by molar-refractivity contribution is 7.99. The van der Waals surface area contributed by atoms with E-state index in [4.69, 9.17) is 5.73 Å². The van der Waals surface area contributed by atoms with Crippen molar-refractivity contribution in [1.29, 1.82) is 0 Å². The second-order valence-corrected chi connectivity index (χ2v) is 5.28. The SMILES string of the molecule is CCC(N)(CC)C(=O)Nc1ccc(SC(F)F)cc1. The lowest BCUT2D eigenvalue weighted by Crippen LogP contribution is -2.50. The quantitative estimate of drug-likeness (QED) is 0.788. The molecule has 0 saturated carbocycles. The van der Waals surface area contributed by atoms with Gasteiger partial charge in [-0.25, -0.2) is 0 Å². The van der Waals surface area contributed by atoms with E-state index < -0.39 is 11.3 Å². The Morgan fingerprint density at radius 3 is 2.26 bits per heavy atom. The average Bonchev–Trinajstić information content (AvgIpc) is 2.39. The summed E-state index contributed by atoms with van der Waals surface area (Å²) < 4.78 is 24.3. The number of nitrogens with one attached hydrogen (secondary N) is 1. The molecular formula is C13H18F2N2OS. The molecule has 3 nitrogen and oxygen atoms in total. The summed E-state index contributed by atoms with van der Waals surface area (Å²) in [4.78, 5) is 12.5. The Balaban J connectivity index is 2.70. The summed E-state index contributed by atoms with van der Waals surface area (Å²) in [5.74, 6) is -2.70. The van der Waals surface area contributed by atoms with Gasteiger partial charge in [0, 0.05) is 10.6 Å². The number of benzene rings is 1. The van der Waals surface area contributed by atoms with Gasteiger partial charge in [0.15, 0.2) is 0 Å². The number of carbonyl (C=O) groups is 1. The number of nitrogens with two attached hydrogens (primary N) is 1. The van der Waals surface area contributed by atoms with E-state index in [9.17, 15) is 13.6 Å². The van der Waals surface area contributed by atoms with Gasteiger partial charge in [-0.2, -0.15) is 8.78 Å². The molecule has 1 amide bonds. The molecule has 1 rings (SSSR count). The van der Waals surface area contributed by atoms with Gasteiger partial charge in [-0.3, -0.25) is 4.79 Å². The van der Waals surface area contributed by atoms with Gasteiger partial charge < -0.3 is 11.1 Å². The molecule has 0 radical (unpaired) electrons. The average molecular weight is 288 g/mol. The molecule has 106 valence electrons. The zero-order valence-electron chi connectivity index (χ0n) is 11.0. The summed E-state index contributed by atoms with van der Waals surface area (Å²) >= 11 is 0.470. The van der Waals surface area contributed by atoms with E-state index in [1.807, 2.05) is 13.8 Å². The molecule has 19 heavy (non-hydrogen) atoms. The minimum Gasteiger partial charge on any atom is -0.324 e. The van der Waals surface area contributed by atoms with Crippen molar-refractivity contribution < 1.29 is 13.6 Å². The number of halogens is 2. The number of anilines is 1. The molecule has 0 bridgehead atoms. The predicted molar refractivity (Wildman–Crippen MR) is 74.4 cm³/mol. The molecule has 0 atom stereocenters. The highest BCUT2D eigenvalue weighted by Crippen LogP contribution is 2.26. The van der Waals surface area contributed by atoms with Crippen LogP contribution in [0.4, 0.5) is 14.5 Å². The van der Waals surface area contributed by atoms with Crippen molar-refractivity contribution in [1.82, 2.24) is 0 Å². The van der Waals surface area contributed by atoms with Crippen LogP contribution in [0, 0.1) is 0 Å². The zero-order chi connectivity index (χ0) is 14.5.